The molecule has 1 N–H and O–H groups in total. The molecule has 0 aliphatic carbocycles. The van der Waals surface area contributed by atoms with E-state index in [0.29, 0.717) is 6.54 Å². The highest BCUT2D eigenvalue weighted by Gasteiger charge is 2.15. The number of hydrogen-bond donors (Lipinski definition) is 1. The van der Waals surface area contributed by atoms with Crippen LogP contribution in [0.4, 0.5) is 5.69 Å². The number of ether oxygens (including phenoxy) is 1. The Hall–Kier alpha value is -2.14. The van der Waals surface area contributed by atoms with Crippen LogP contribution >= 0.6 is 0 Å². The first kappa shape index (κ1) is 14.8. The van der Waals surface area contributed by atoms with Crippen LogP contribution in [0.1, 0.15) is 24.1 Å². The molecule has 1 fully saturated rings. The summed E-state index contributed by atoms with van der Waals surface area (Å²) in [7, 11) is 0. The van der Waals surface area contributed by atoms with Crippen LogP contribution in [-0.4, -0.2) is 28.8 Å². The Bertz CT molecular complexity index is 676. The molecule has 3 heterocycles. The Balaban J connectivity index is 1.72. The maximum atomic E-state index is 12.3. The topological polar surface area (TPSA) is 56.1 Å². The molecule has 2 aromatic heterocycles. The summed E-state index contributed by atoms with van der Waals surface area (Å²) in [6.07, 6.45) is 5.99. The van der Waals surface area contributed by atoms with Crippen molar-refractivity contribution in [1.29, 1.82) is 0 Å². The monoisotopic (exact) mass is 299 g/mol. The van der Waals surface area contributed by atoms with Gasteiger partial charge in [0.15, 0.2) is 0 Å². The van der Waals surface area contributed by atoms with E-state index in [2.05, 4.69) is 10.3 Å². The lowest BCUT2D eigenvalue weighted by Gasteiger charge is -2.15. The standard InChI is InChI=1S/C17H21N3O2/c1-13-8-15(19-11-16-5-3-7-22-16)9-17(21)20(13)12-14-4-2-6-18-10-14/h2,4,6,8-10,16,19H,3,5,7,11-12H2,1H3/t16-/m1/s1. The van der Waals surface area contributed by atoms with Crippen molar-refractivity contribution in [2.45, 2.75) is 32.4 Å². The van der Waals surface area contributed by atoms with Crippen molar-refractivity contribution >= 4 is 5.69 Å². The number of anilines is 1. The lowest BCUT2D eigenvalue weighted by molar-refractivity contribution is 0.120. The van der Waals surface area contributed by atoms with Crippen LogP contribution in [0.2, 0.25) is 0 Å². The van der Waals surface area contributed by atoms with Crippen LogP contribution in [0.3, 0.4) is 0 Å². The minimum absolute atomic E-state index is 0.00121. The van der Waals surface area contributed by atoms with Crippen LogP contribution in [0.15, 0.2) is 41.5 Å². The second-order valence-electron chi connectivity index (χ2n) is 5.69. The van der Waals surface area contributed by atoms with Gasteiger partial charge in [0, 0.05) is 43.0 Å². The van der Waals surface area contributed by atoms with E-state index in [9.17, 15) is 4.79 Å². The summed E-state index contributed by atoms with van der Waals surface area (Å²) < 4.78 is 7.34. The van der Waals surface area contributed by atoms with Gasteiger partial charge in [-0.2, -0.15) is 0 Å². The van der Waals surface area contributed by atoms with E-state index >= 15 is 0 Å². The summed E-state index contributed by atoms with van der Waals surface area (Å²) in [6.45, 7) is 4.10. The zero-order chi connectivity index (χ0) is 15.4. The molecule has 1 saturated heterocycles. The highest BCUT2D eigenvalue weighted by molar-refractivity contribution is 5.43. The highest BCUT2D eigenvalue weighted by Crippen LogP contribution is 2.14. The highest BCUT2D eigenvalue weighted by atomic mass is 16.5. The van der Waals surface area contributed by atoms with Gasteiger partial charge in [-0.3, -0.25) is 9.78 Å². The van der Waals surface area contributed by atoms with Crippen molar-refractivity contribution in [3.05, 3.63) is 58.3 Å². The molecule has 3 rings (SSSR count). The van der Waals surface area contributed by atoms with E-state index in [0.717, 1.165) is 42.9 Å². The molecule has 5 nitrogen and oxygen atoms in total. The van der Waals surface area contributed by atoms with Gasteiger partial charge >= 0.3 is 0 Å². The largest absolute Gasteiger partial charge is 0.382 e. The molecule has 116 valence electrons. The van der Waals surface area contributed by atoms with Crippen molar-refractivity contribution in [2.24, 2.45) is 0 Å². The van der Waals surface area contributed by atoms with Crippen molar-refractivity contribution in [2.75, 3.05) is 18.5 Å². The molecule has 1 aliphatic rings. The quantitative estimate of drug-likeness (QED) is 0.919. The number of nitrogens with zero attached hydrogens (tertiary/aromatic N) is 2. The van der Waals surface area contributed by atoms with Gasteiger partial charge in [-0.1, -0.05) is 6.07 Å². The van der Waals surface area contributed by atoms with E-state index in [1.807, 2.05) is 25.1 Å². The molecule has 0 spiro atoms. The SMILES string of the molecule is Cc1cc(NC[C@H]2CCCO2)cc(=O)n1Cc1cccnc1. The predicted octanol–water partition coefficient (Wildman–Crippen LogP) is 2.19. The minimum atomic E-state index is -0.00121. The summed E-state index contributed by atoms with van der Waals surface area (Å²) >= 11 is 0. The van der Waals surface area contributed by atoms with Crippen LogP contribution in [-0.2, 0) is 11.3 Å². The van der Waals surface area contributed by atoms with E-state index in [-0.39, 0.29) is 11.7 Å². The van der Waals surface area contributed by atoms with Gasteiger partial charge in [0.2, 0.25) is 0 Å². The smallest absolute Gasteiger partial charge is 0.253 e. The fourth-order valence-electron chi connectivity index (χ4n) is 2.75. The van der Waals surface area contributed by atoms with Gasteiger partial charge < -0.3 is 14.6 Å². The van der Waals surface area contributed by atoms with Gasteiger partial charge in [-0.05, 0) is 37.5 Å². The molecular formula is C17H21N3O2. The number of pyridine rings is 2. The lowest BCUT2D eigenvalue weighted by Crippen LogP contribution is -2.24. The third kappa shape index (κ3) is 3.54. The predicted molar refractivity (Wildman–Crippen MR) is 86.2 cm³/mol. The van der Waals surface area contributed by atoms with Crippen molar-refractivity contribution in [1.82, 2.24) is 9.55 Å². The summed E-state index contributed by atoms with van der Waals surface area (Å²) in [5.41, 5.74) is 2.82. The molecule has 22 heavy (non-hydrogen) atoms. The third-order valence-electron chi connectivity index (χ3n) is 3.96. The Morgan fingerprint density at radius 2 is 2.36 bits per heavy atom. The van der Waals surface area contributed by atoms with E-state index in [4.69, 9.17) is 4.74 Å². The zero-order valence-corrected chi connectivity index (χ0v) is 12.8. The van der Waals surface area contributed by atoms with Gasteiger partial charge in [0.25, 0.3) is 5.56 Å². The number of hydrogen-bond acceptors (Lipinski definition) is 4. The second kappa shape index (κ2) is 6.75. The minimum Gasteiger partial charge on any atom is -0.382 e. The number of aryl methyl sites for hydroxylation is 1. The van der Waals surface area contributed by atoms with Crippen molar-refractivity contribution < 1.29 is 4.74 Å². The molecule has 1 aliphatic heterocycles. The van der Waals surface area contributed by atoms with Crippen molar-refractivity contribution in [3.8, 4) is 0 Å². The Morgan fingerprint density at radius 3 is 3.05 bits per heavy atom. The van der Waals surface area contributed by atoms with Gasteiger partial charge in [0.05, 0.1) is 12.6 Å². The molecule has 0 radical (unpaired) electrons. The molecule has 0 bridgehead atoms. The molecular weight excluding hydrogens is 278 g/mol. The van der Waals surface area contributed by atoms with E-state index in [1.54, 1.807) is 23.0 Å². The molecule has 0 saturated carbocycles. The summed E-state index contributed by atoms with van der Waals surface area (Å²) in [5, 5.41) is 3.31. The Kier molecular flexibility index (Phi) is 4.53. The maximum Gasteiger partial charge on any atom is 0.253 e. The van der Waals surface area contributed by atoms with Crippen LogP contribution in [0.5, 0.6) is 0 Å². The van der Waals surface area contributed by atoms with Gasteiger partial charge in [0.1, 0.15) is 0 Å². The van der Waals surface area contributed by atoms with Crippen LogP contribution in [0, 0.1) is 6.92 Å². The molecule has 2 aromatic rings. The number of rotatable bonds is 5. The van der Waals surface area contributed by atoms with Crippen molar-refractivity contribution in [3.63, 3.8) is 0 Å². The van der Waals surface area contributed by atoms with Crippen LogP contribution < -0.4 is 10.9 Å². The Labute approximate surface area is 130 Å². The second-order valence-corrected chi connectivity index (χ2v) is 5.69. The molecule has 0 aromatic carbocycles. The zero-order valence-electron chi connectivity index (χ0n) is 12.8. The van der Waals surface area contributed by atoms with E-state index in [1.165, 1.54) is 0 Å². The number of aromatic nitrogens is 2. The lowest BCUT2D eigenvalue weighted by atomic mass is 10.2. The molecule has 0 amide bonds. The fraction of sp³-hybridized carbons (Fsp3) is 0.412. The fourth-order valence-corrected chi connectivity index (χ4v) is 2.75. The van der Waals surface area contributed by atoms with Gasteiger partial charge in [-0.25, -0.2) is 0 Å². The number of nitrogens with one attached hydrogen (secondary N) is 1. The first-order valence-corrected chi connectivity index (χ1v) is 7.68. The summed E-state index contributed by atoms with van der Waals surface area (Å²) in [4.78, 5) is 16.4. The molecule has 5 heteroatoms. The average Bonchev–Trinajstić information content (AvgIpc) is 3.03. The molecule has 1 atom stereocenters. The normalized spacial score (nSPS) is 17.6. The average molecular weight is 299 g/mol. The van der Waals surface area contributed by atoms with Crippen LogP contribution in [0.25, 0.3) is 0 Å². The summed E-state index contributed by atoms with van der Waals surface area (Å²) in [5.74, 6) is 0. The third-order valence-corrected chi connectivity index (χ3v) is 3.96. The van der Waals surface area contributed by atoms with Gasteiger partial charge in [-0.15, -0.1) is 0 Å². The first-order chi connectivity index (χ1) is 10.7. The summed E-state index contributed by atoms with van der Waals surface area (Å²) in [6, 6.07) is 7.51. The maximum absolute atomic E-state index is 12.3. The Morgan fingerprint density at radius 1 is 1.45 bits per heavy atom. The first-order valence-electron chi connectivity index (χ1n) is 7.68. The van der Waals surface area contributed by atoms with E-state index < -0.39 is 0 Å². The molecule has 0 unspecified atom stereocenters.